The Morgan fingerprint density at radius 1 is 1.03 bits per heavy atom. The fourth-order valence-corrected chi connectivity index (χ4v) is 5.06. The van der Waals surface area contributed by atoms with Crippen molar-refractivity contribution in [3.05, 3.63) is 53.1 Å². The van der Waals surface area contributed by atoms with Crippen molar-refractivity contribution >= 4 is 56.8 Å². The lowest BCUT2D eigenvalue weighted by Crippen LogP contribution is -2.36. The number of aromatic nitrogens is 1. The standard InChI is InChI=1S/C24H31N3OS2.ClH/c1-17-8-11-20(12-9-17)29-16-6-7-22(28)27(15-14-26(4)5)24-25-23-19(3)18(2)10-13-21(23)30-24;/h8-13H,6-7,14-16H2,1-5H3;1H. The van der Waals surface area contributed by atoms with E-state index in [4.69, 9.17) is 4.98 Å². The molecule has 3 aromatic rings. The Morgan fingerprint density at radius 2 is 1.74 bits per heavy atom. The number of amides is 1. The molecule has 1 heterocycles. The number of fused-ring (bicyclic) bond motifs is 1. The molecule has 0 bridgehead atoms. The number of halogens is 1. The molecule has 7 heteroatoms. The summed E-state index contributed by atoms with van der Waals surface area (Å²) in [6, 6.07) is 12.8. The molecule has 0 N–H and O–H groups in total. The van der Waals surface area contributed by atoms with Gasteiger partial charge in [0, 0.05) is 24.4 Å². The predicted octanol–water partition coefficient (Wildman–Crippen LogP) is 6.11. The second-order valence-electron chi connectivity index (χ2n) is 7.96. The summed E-state index contributed by atoms with van der Waals surface area (Å²) in [5.41, 5.74) is 4.73. The van der Waals surface area contributed by atoms with Gasteiger partial charge in [-0.1, -0.05) is 35.1 Å². The molecule has 0 unspecified atom stereocenters. The van der Waals surface area contributed by atoms with E-state index in [1.54, 1.807) is 11.3 Å². The number of anilines is 1. The van der Waals surface area contributed by atoms with Crippen LogP contribution in [0, 0.1) is 20.8 Å². The molecule has 0 fully saturated rings. The minimum absolute atomic E-state index is 0. The van der Waals surface area contributed by atoms with Gasteiger partial charge in [-0.05, 0) is 76.4 Å². The number of nitrogens with zero attached hydrogens (tertiary/aromatic N) is 3. The van der Waals surface area contributed by atoms with Crippen LogP contribution in [-0.4, -0.2) is 48.7 Å². The second kappa shape index (κ2) is 11.9. The lowest BCUT2D eigenvalue weighted by atomic mass is 10.1. The minimum Gasteiger partial charge on any atom is -0.308 e. The van der Waals surface area contributed by atoms with Crippen molar-refractivity contribution in [1.82, 2.24) is 9.88 Å². The van der Waals surface area contributed by atoms with Crippen molar-refractivity contribution in [3.63, 3.8) is 0 Å². The molecule has 0 saturated heterocycles. The topological polar surface area (TPSA) is 36.4 Å². The summed E-state index contributed by atoms with van der Waals surface area (Å²) in [5, 5.41) is 0.816. The number of rotatable bonds is 9. The molecule has 0 aliphatic heterocycles. The van der Waals surface area contributed by atoms with Crippen LogP contribution in [0.25, 0.3) is 10.2 Å². The van der Waals surface area contributed by atoms with Gasteiger partial charge >= 0.3 is 0 Å². The zero-order valence-corrected chi connectivity index (χ0v) is 21.4. The first kappa shape index (κ1) is 25.7. The van der Waals surface area contributed by atoms with Gasteiger partial charge < -0.3 is 4.90 Å². The SMILES string of the molecule is Cc1ccc(SCCCC(=O)N(CCN(C)C)c2nc3c(C)c(C)ccc3s2)cc1.Cl. The number of carbonyl (C=O) groups excluding carboxylic acids is 1. The molecule has 1 amide bonds. The molecular formula is C24H32ClN3OS2. The highest BCUT2D eigenvalue weighted by Crippen LogP contribution is 2.32. The molecule has 31 heavy (non-hydrogen) atoms. The number of hydrogen-bond donors (Lipinski definition) is 0. The van der Waals surface area contributed by atoms with Gasteiger partial charge in [0.25, 0.3) is 0 Å². The molecule has 1 aromatic heterocycles. The fourth-order valence-electron chi connectivity index (χ4n) is 3.14. The normalized spacial score (nSPS) is 11.0. The smallest absolute Gasteiger partial charge is 0.228 e. The lowest BCUT2D eigenvalue weighted by molar-refractivity contribution is -0.118. The number of aryl methyl sites for hydroxylation is 3. The highest BCUT2D eigenvalue weighted by Gasteiger charge is 2.20. The largest absolute Gasteiger partial charge is 0.308 e. The maximum Gasteiger partial charge on any atom is 0.228 e. The Morgan fingerprint density at radius 3 is 2.42 bits per heavy atom. The van der Waals surface area contributed by atoms with Gasteiger partial charge in [-0.3, -0.25) is 9.69 Å². The number of thioether (sulfide) groups is 1. The number of likely N-dealkylation sites (N-methyl/N-ethyl adjacent to an activating group) is 1. The van der Waals surface area contributed by atoms with Crippen LogP contribution in [0.4, 0.5) is 5.13 Å². The van der Waals surface area contributed by atoms with Gasteiger partial charge in [0.2, 0.25) is 5.91 Å². The van der Waals surface area contributed by atoms with Crippen molar-refractivity contribution in [1.29, 1.82) is 0 Å². The third-order valence-corrected chi connectivity index (χ3v) is 7.34. The monoisotopic (exact) mass is 477 g/mol. The average molecular weight is 478 g/mol. The van der Waals surface area contributed by atoms with E-state index in [1.807, 2.05) is 30.8 Å². The third-order valence-electron chi connectivity index (χ3n) is 5.20. The molecule has 0 aliphatic carbocycles. The zero-order chi connectivity index (χ0) is 21.7. The van der Waals surface area contributed by atoms with Crippen LogP contribution >= 0.6 is 35.5 Å². The van der Waals surface area contributed by atoms with Crippen molar-refractivity contribution in [3.8, 4) is 0 Å². The number of hydrogen-bond acceptors (Lipinski definition) is 5. The third kappa shape index (κ3) is 6.94. The maximum absolute atomic E-state index is 13.1. The van der Waals surface area contributed by atoms with Crippen LogP contribution in [0.2, 0.25) is 0 Å². The summed E-state index contributed by atoms with van der Waals surface area (Å²) in [5.74, 6) is 1.10. The summed E-state index contributed by atoms with van der Waals surface area (Å²) in [7, 11) is 4.07. The first-order valence-electron chi connectivity index (χ1n) is 10.4. The number of thiazole rings is 1. The highest BCUT2D eigenvalue weighted by molar-refractivity contribution is 7.99. The van der Waals surface area contributed by atoms with E-state index in [2.05, 4.69) is 62.1 Å². The molecule has 0 aliphatic rings. The summed E-state index contributed by atoms with van der Waals surface area (Å²) < 4.78 is 1.14. The molecule has 0 saturated carbocycles. The summed E-state index contributed by atoms with van der Waals surface area (Å²) in [6.45, 7) is 7.79. The molecule has 0 radical (unpaired) electrons. The molecule has 0 spiro atoms. The van der Waals surface area contributed by atoms with E-state index < -0.39 is 0 Å². The first-order valence-corrected chi connectivity index (χ1v) is 12.2. The van der Waals surface area contributed by atoms with Crippen molar-refractivity contribution in [2.75, 3.05) is 37.8 Å². The van der Waals surface area contributed by atoms with Crippen LogP contribution in [-0.2, 0) is 4.79 Å². The zero-order valence-electron chi connectivity index (χ0n) is 19.0. The lowest BCUT2D eigenvalue weighted by Gasteiger charge is -2.22. The van der Waals surface area contributed by atoms with Gasteiger partial charge in [0.15, 0.2) is 5.13 Å². The molecule has 4 nitrogen and oxygen atoms in total. The Kier molecular flexibility index (Phi) is 9.82. The molecule has 0 atom stereocenters. The van der Waals surface area contributed by atoms with E-state index in [-0.39, 0.29) is 18.3 Å². The average Bonchev–Trinajstić information content (AvgIpc) is 3.14. The summed E-state index contributed by atoms with van der Waals surface area (Å²) in [6.07, 6.45) is 1.40. The van der Waals surface area contributed by atoms with Gasteiger partial charge in [0.1, 0.15) is 0 Å². The summed E-state index contributed by atoms with van der Waals surface area (Å²) >= 11 is 3.43. The predicted molar refractivity (Wildman–Crippen MR) is 138 cm³/mol. The Hall–Kier alpha value is -1.60. The van der Waals surface area contributed by atoms with E-state index >= 15 is 0 Å². The van der Waals surface area contributed by atoms with Crippen LogP contribution < -0.4 is 4.90 Å². The fraction of sp³-hybridized carbons (Fsp3) is 0.417. The maximum atomic E-state index is 13.1. The van der Waals surface area contributed by atoms with Crippen LogP contribution in [0.1, 0.15) is 29.5 Å². The van der Waals surface area contributed by atoms with E-state index in [0.29, 0.717) is 13.0 Å². The molecule has 168 valence electrons. The molecule has 3 rings (SSSR count). The van der Waals surface area contributed by atoms with Crippen LogP contribution in [0.5, 0.6) is 0 Å². The van der Waals surface area contributed by atoms with E-state index in [9.17, 15) is 4.79 Å². The highest BCUT2D eigenvalue weighted by atomic mass is 35.5. The van der Waals surface area contributed by atoms with Crippen molar-refractivity contribution < 1.29 is 4.79 Å². The second-order valence-corrected chi connectivity index (χ2v) is 10.1. The Balaban J connectivity index is 0.00000341. The van der Waals surface area contributed by atoms with Gasteiger partial charge in [0.05, 0.1) is 10.2 Å². The van der Waals surface area contributed by atoms with Crippen molar-refractivity contribution in [2.45, 2.75) is 38.5 Å². The molecular weight excluding hydrogens is 446 g/mol. The minimum atomic E-state index is 0. The Labute approximate surface area is 200 Å². The Bertz CT molecular complexity index is 1000. The number of benzene rings is 2. The van der Waals surface area contributed by atoms with E-state index in [1.165, 1.54) is 21.6 Å². The van der Waals surface area contributed by atoms with Crippen LogP contribution in [0.3, 0.4) is 0 Å². The summed E-state index contributed by atoms with van der Waals surface area (Å²) in [4.78, 5) is 23.2. The van der Waals surface area contributed by atoms with Crippen molar-refractivity contribution in [2.24, 2.45) is 0 Å². The van der Waals surface area contributed by atoms with E-state index in [0.717, 1.165) is 34.1 Å². The van der Waals surface area contributed by atoms with Gasteiger partial charge in [-0.2, -0.15) is 0 Å². The van der Waals surface area contributed by atoms with Gasteiger partial charge in [-0.15, -0.1) is 24.2 Å². The quantitative estimate of drug-likeness (QED) is 0.275. The number of carbonyl (C=O) groups is 1. The molecule has 2 aromatic carbocycles. The van der Waals surface area contributed by atoms with Crippen LogP contribution in [0.15, 0.2) is 41.3 Å². The van der Waals surface area contributed by atoms with Gasteiger partial charge in [-0.25, -0.2) is 4.98 Å². The first-order chi connectivity index (χ1) is 14.3.